The number of sulfonamides is 1. The van der Waals surface area contributed by atoms with Crippen LogP contribution in [-0.4, -0.2) is 37.6 Å². The smallest absolute Gasteiger partial charge is 0.268 e. The summed E-state index contributed by atoms with van der Waals surface area (Å²) in [4.78, 5) is 24.2. The Morgan fingerprint density at radius 1 is 0.935 bits per heavy atom. The fourth-order valence-corrected chi connectivity index (χ4v) is 4.92. The Bertz CT molecular complexity index is 1060. The molecule has 7 nitrogen and oxygen atoms in total. The van der Waals surface area contributed by atoms with Gasteiger partial charge < -0.3 is 0 Å². The van der Waals surface area contributed by atoms with Crippen molar-refractivity contribution in [2.45, 2.75) is 30.6 Å². The van der Waals surface area contributed by atoms with E-state index < -0.39 is 21.8 Å². The first-order valence-corrected chi connectivity index (χ1v) is 11.8. The molecule has 31 heavy (non-hydrogen) atoms. The van der Waals surface area contributed by atoms with Gasteiger partial charge in [-0.25, -0.2) is 8.42 Å². The van der Waals surface area contributed by atoms with Crippen LogP contribution in [0.25, 0.3) is 6.08 Å². The normalized spacial score (nSPS) is 15.4. The van der Waals surface area contributed by atoms with Crippen molar-refractivity contribution in [2.24, 2.45) is 0 Å². The molecule has 2 aromatic carbocycles. The van der Waals surface area contributed by atoms with Crippen molar-refractivity contribution < 1.29 is 18.0 Å². The summed E-state index contributed by atoms with van der Waals surface area (Å²) in [6.07, 6.45) is 6.64. The van der Waals surface area contributed by atoms with Gasteiger partial charge in [0.25, 0.3) is 11.8 Å². The Morgan fingerprint density at radius 3 is 2.26 bits per heavy atom. The highest BCUT2D eigenvalue weighted by molar-refractivity contribution is 7.89. The predicted octanol–water partition coefficient (Wildman–Crippen LogP) is 3.38. The van der Waals surface area contributed by atoms with Crippen molar-refractivity contribution in [1.82, 2.24) is 15.2 Å². The minimum Gasteiger partial charge on any atom is -0.268 e. The molecule has 164 valence electrons. The van der Waals surface area contributed by atoms with Gasteiger partial charge >= 0.3 is 0 Å². The van der Waals surface area contributed by atoms with Crippen molar-refractivity contribution in [3.8, 4) is 0 Å². The van der Waals surface area contributed by atoms with Gasteiger partial charge in [-0.1, -0.05) is 42.6 Å². The first kappa shape index (κ1) is 23.0. The van der Waals surface area contributed by atoms with Crippen molar-refractivity contribution in [2.75, 3.05) is 13.1 Å². The summed E-state index contributed by atoms with van der Waals surface area (Å²) in [6.45, 7) is 1.09. The molecule has 1 aliphatic rings. The van der Waals surface area contributed by atoms with Gasteiger partial charge in [-0.05, 0) is 54.8 Å². The van der Waals surface area contributed by atoms with Gasteiger partial charge in [0.15, 0.2) is 0 Å². The number of benzene rings is 2. The maximum Gasteiger partial charge on any atom is 0.269 e. The Hall–Kier alpha value is -2.68. The molecule has 1 aliphatic heterocycles. The van der Waals surface area contributed by atoms with Crippen LogP contribution in [0.3, 0.4) is 0 Å². The summed E-state index contributed by atoms with van der Waals surface area (Å²) in [5, 5.41) is 0.417. The predicted molar refractivity (Wildman–Crippen MR) is 120 cm³/mol. The second-order valence-corrected chi connectivity index (χ2v) is 9.55. The fraction of sp³-hybridized carbons (Fsp3) is 0.273. The second kappa shape index (κ2) is 10.6. The van der Waals surface area contributed by atoms with E-state index in [4.69, 9.17) is 11.6 Å². The van der Waals surface area contributed by atoms with Gasteiger partial charge in [0, 0.05) is 29.8 Å². The maximum atomic E-state index is 12.8. The molecule has 0 saturated carbocycles. The summed E-state index contributed by atoms with van der Waals surface area (Å²) in [7, 11) is -3.51. The van der Waals surface area contributed by atoms with E-state index in [2.05, 4.69) is 10.9 Å². The molecule has 2 aromatic rings. The molecule has 0 spiro atoms. The third-order valence-corrected chi connectivity index (χ3v) is 7.04. The molecule has 9 heteroatoms. The van der Waals surface area contributed by atoms with Gasteiger partial charge in [0.05, 0.1) is 4.90 Å². The maximum absolute atomic E-state index is 12.8. The lowest BCUT2D eigenvalue weighted by Crippen LogP contribution is -2.40. The van der Waals surface area contributed by atoms with Gasteiger partial charge in [-0.2, -0.15) is 4.31 Å². The number of hydrogen-bond donors (Lipinski definition) is 2. The van der Waals surface area contributed by atoms with Crippen LogP contribution in [-0.2, 0) is 14.8 Å². The third kappa shape index (κ3) is 6.40. The van der Waals surface area contributed by atoms with Gasteiger partial charge in [0.1, 0.15) is 0 Å². The van der Waals surface area contributed by atoms with E-state index in [1.54, 1.807) is 46.8 Å². The Labute approximate surface area is 187 Å². The highest BCUT2D eigenvalue weighted by Crippen LogP contribution is 2.21. The van der Waals surface area contributed by atoms with Crippen LogP contribution in [0.15, 0.2) is 59.5 Å². The molecule has 0 aliphatic carbocycles. The summed E-state index contributed by atoms with van der Waals surface area (Å²) in [6, 6.07) is 12.7. The highest BCUT2D eigenvalue weighted by atomic mass is 35.5. The van der Waals surface area contributed by atoms with E-state index >= 15 is 0 Å². The van der Waals surface area contributed by atoms with Crippen molar-refractivity contribution >= 4 is 39.5 Å². The highest BCUT2D eigenvalue weighted by Gasteiger charge is 2.24. The van der Waals surface area contributed by atoms with Crippen molar-refractivity contribution in [3.05, 3.63) is 70.8 Å². The largest absolute Gasteiger partial charge is 0.269 e. The number of carbonyl (C=O) groups is 2. The molecule has 0 aromatic heterocycles. The quantitative estimate of drug-likeness (QED) is 0.527. The topological polar surface area (TPSA) is 95.6 Å². The van der Waals surface area contributed by atoms with E-state index in [0.29, 0.717) is 29.2 Å². The minimum atomic E-state index is -3.51. The molecule has 0 unspecified atom stereocenters. The first-order valence-electron chi connectivity index (χ1n) is 10.0. The standard InChI is InChI=1S/C22H24ClN3O4S/c23-19-7-5-6-18(16-19)22(28)25-24-21(27)13-10-17-8-11-20(12-9-17)31(29,30)26-14-3-1-2-4-15-26/h5-13,16H,1-4,14-15H2,(H,24,27)(H,25,28)/b13-10+. The second-order valence-electron chi connectivity index (χ2n) is 7.17. The molecule has 0 radical (unpaired) electrons. The SMILES string of the molecule is O=C(/C=C/c1ccc(S(=O)(=O)N2CCCCCC2)cc1)NNC(=O)c1cccc(Cl)c1. The van der Waals surface area contributed by atoms with Crippen LogP contribution in [0.2, 0.25) is 5.02 Å². The molecule has 2 amide bonds. The zero-order chi connectivity index (χ0) is 22.3. The molecular weight excluding hydrogens is 438 g/mol. The van der Waals surface area contributed by atoms with Crippen LogP contribution in [0.5, 0.6) is 0 Å². The van der Waals surface area contributed by atoms with Crippen LogP contribution in [0.1, 0.15) is 41.6 Å². The number of carbonyl (C=O) groups excluding carboxylic acids is 2. The molecule has 1 heterocycles. The minimum absolute atomic E-state index is 0.241. The zero-order valence-electron chi connectivity index (χ0n) is 16.9. The molecule has 0 bridgehead atoms. The van der Waals surface area contributed by atoms with Crippen molar-refractivity contribution in [3.63, 3.8) is 0 Å². The van der Waals surface area contributed by atoms with E-state index in [9.17, 15) is 18.0 Å². The summed E-state index contributed by atoms with van der Waals surface area (Å²) in [5.41, 5.74) is 5.56. The van der Waals surface area contributed by atoms with Crippen LogP contribution < -0.4 is 10.9 Å². The fourth-order valence-electron chi connectivity index (χ4n) is 3.22. The Kier molecular flexibility index (Phi) is 7.84. The van der Waals surface area contributed by atoms with Crippen LogP contribution in [0.4, 0.5) is 0 Å². The number of hydrazine groups is 1. The van der Waals surface area contributed by atoms with Gasteiger partial charge in [-0.15, -0.1) is 0 Å². The number of amides is 2. The third-order valence-electron chi connectivity index (χ3n) is 4.90. The lowest BCUT2D eigenvalue weighted by Gasteiger charge is -2.19. The molecule has 1 fully saturated rings. The summed E-state index contributed by atoms with van der Waals surface area (Å²) >= 11 is 5.84. The van der Waals surface area contributed by atoms with Crippen LogP contribution >= 0.6 is 11.6 Å². The number of nitrogens with one attached hydrogen (secondary N) is 2. The molecule has 0 atom stereocenters. The van der Waals surface area contributed by atoms with Crippen LogP contribution in [0, 0.1) is 0 Å². The lowest BCUT2D eigenvalue weighted by molar-refractivity contribution is -0.117. The average molecular weight is 462 g/mol. The van der Waals surface area contributed by atoms with E-state index in [0.717, 1.165) is 25.7 Å². The Balaban J connectivity index is 1.56. The zero-order valence-corrected chi connectivity index (χ0v) is 18.5. The number of halogens is 1. The van der Waals surface area contributed by atoms with Gasteiger partial charge in [0.2, 0.25) is 10.0 Å². The summed E-state index contributed by atoms with van der Waals surface area (Å²) in [5.74, 6) is -1.02. The molecule has 2 N–H and O–H groups in total. The van der Waals surface area contributed by atoms with E-state index in [1.165, 1.54) is 18.2 Å². The van der Waals surface area contributed by atoms with E-state index in [1.807, 2.05) is 0 Å². The van der Waals surface area contributed by atoms with Crippen molar-refractivity contribution in [1.29, 1.82) is 0 Å². The lowest BCUT2D eigenvalue weighted by atomic mass is 10.2. The molecule has 1 saturated heterocycles. The Morgan fingerprint density at radius 2 is 1.61 bits per heavy atom. The van der Waals surface area contributed by atoms with E-state index in [-0.39, 0.29) is 4.90 Å². The van der Waals surface area contributed by atoms with Gasteiger partial charge in [-0.3, -0.25) is 20.4 Å². The molecule has 3 rings (SSSR count). The number of rotatable bonds is 5. The molecular formula is C22H24ClN3O4S. The average Bonchev–Trinajstić information content (AvgIpc) is 3.06. The first-order chi connectivity index (χ1) is 14.9. The number of hydrogen-bond acceptors (Lipinski definition) is 4. The monoisotopic (exact) mass is 461 g/mol. The summed E-state index contributed by atoms with van der Waals surface area (Å²) < 4.78 is 27.1. The number of nitrogens with zero attached hydrogens (tertiary/aromatic N) is 1.